The third kappa shape index (κ3) is 3.42. The van der Waals surface area contributed by atoms with E-state index in [0.29, 0.717) is 39.0 Å². The summed E-state index contributed by atoms with van der Waals surface area (Å²) in [5, 5.41) is 8.61. The number of nitrogens with two attached hydrogens (primary N) is 1. The number of carbonyl (C=O) groups excluding carboxylic acids is 1. The van der Waals surface area contributed by atoms with E-state index in [2.05, 4.69) is 6.07 Å². The van der Waals surface area contributed by atoms with E-state index >= 15 is 0 Å². The van der Waals surface area contributed by atoms with Gasteiger partial charge in [-0.1, -0.05) is 0 Å². The van der Waals surface area contributed by atoms with Crippen LogP contribution in [-0.2, 0) is 9.53 Å². The van der Waals surface area contributed by atoms with E-state index < -0.39 is 5.54 Å². The van der Waals surface area contributed by atoms with Gasteiger partial charge < -0.3 is 15.4 Å². The van der Waals surface area contributed by atoms with Crippen LogP contribution >= 0.6 is 0 Å². The summed E-state index contributed by atoms with van der Waals surface area (Å²) in [6.45, 7) is 5.40. The highest BCUT2D eigenvalue weighted by atomic mass is 16.5. The molecule has 1 aliphatic rings. The maximum Gasteiger partial charge on any atom is 0.243 e. The summed E-state index contributed by atoms with van der Waals surface area (Å²) in [5.74, 6) is -0.0500. The molecule has 96 valence electrons. The molecule has 0 aromatic heterocycles. The van der Waals surface area contributed by atoms with Gasteiger partial charge in [-0.2, -0.15) is 5.26 Å². The molecular formula is C12H21N3O2. The number of nitriles is 1. The minimum Gasteiger partial charge on any atom is -0.381 e. The Kier molecular flexibility index (Phi) is 4.91. The smallest absolute Gasteiger partial charge is 0.243 e. The molecule has 0 atom stereocenters. The molecule has 5 heteroatoms. The summed E-state index contributed by atoms with van der Waals surface area (Å²) in [6, 6.07) is 2.13. The standard InChI is InChI=1S/C12H21N3O2/c1-10(2)15(7-3-6-13)11(16)12(14)4-8-17-9-5-12/h10H,3-5,7-9,14H2,1-2H3. The van der Waals surface area contributed by atoms with Gasteiger partial charge in [0.05, 0.1) is 18.0 Å². The molecule has 0 radical (unpaired) electrons. The summed E-state index contributed by atoms with van der Waals surface area (Å²) in [5.41, 5.74) is 5.35. The first-order valence-electron chi connectivity index (χ1n) is 6.06. The molecule has 1 saturated heterocycles. The zero-order valence-electron chi connectivity index (χ0n) is 10.6. The summed E-state index contributed by atoms with van der Waals surface area (Å²) < 4.78 is 5.23. The van der Waals surface area contributed by atoms with Crippen LogP contribution < -0.4 is 5.73 Å². The predicted molar refractivity (Wildman–Crippen MR) is 64.1 cm³/mol. The van der Waals surface area contributed by atoms with Gasteiger partial charge in [0.2, 0.25) is 5.91 Å². The quantitative estimate of drug-likeness (QED) is 0.781. The summed E-state index contributed by atoms with van der Waals surface area (Å²) >= 11 is 0. The molecule has 0 aromatic rings. The molecule has 1 fully saturated rings. The lowest BCUT2D eigenvalue weighted by atomic mass is 9.89. The molecular weight excluding hydrogens is 218 g/mol. The molecule has 1 aliphatic heterocycles. The average molecular weight is 239 g/mol. The van der Waals surface area contributed by atoms with Gasteiger partial charge in [-0.25, -0.2) is 0 Å². The zero-order chi connectivity index (χ0) is 12.9. The van der Waals surface area contributed by atoms with Crippen LogP contribution in [0.4, 0.5) is 0 Å². The lowest BCUT2D eigenvalue weighted by Crippen LogP contribution is -2.59. The Morgan fingerprint density at radius 3 is 2.59 bits per heavy atom. The van der Waals surface area contributed by atoms with E-state index in [-0.39, 0.29) is 11.9 Å². The summed E-state index contributed by atoms with van der Waals surface area (Å²) in [7, 11) is 0. The minimum absolute atomic E-state index is 0.0500. The van der Waals surface area contributed by atoms with Crippen LogP contribution in [0.25, 0.3) is 0 Å². The van der Waals surface area contributed by atoms with Gasteiger partial charge in [-0.15, -0.1) is 0 Å². The van der Waals surface area contributed by atoms with Crippen LogP contribution in [0.15, 0.2) is 0 Å². The van der Waals surface area contributed by atoms with Crippen molar-refractivity contribution >= 4 is 5.91 Å². The fourth-order valence-corrected chi connectivity index (χ4v) is 2.00. The van der Waals surface area contributed by atoms with Crippen molar-refractivity contribution in [2.24, 2.45) is 5.73 Å². The first kappa shape index (κ1) is 13.9. The van der Waals surface area contributed by atoms with Crippen molar-refractivity contribution < 1.29 is 9.53 Å². The second-order valence-corrected chi connectivity index (χ2v) is 4.77. The van der Waals surface area contributed by atoms with Crippen molar-refractivity contribution in [3.05, 3.63) is 0 Å². The second-order valence-electron chi connectivity index (χ2n) is 4.77. The number of ether oxygens (including phenoxy) is 1. The Labute approximate surface area is 103 Å². The number of rotatable bonds is 4. The summed E-state index contributed by atoms with van der Waals surface area (Å²) in [6.07, 6.45) is 1.46. The number of nitrogens with zero attached hydrogens (tertiary/aromatic N) is 2. The van der Waals surface area contributed by atoms with Crippen molar-refractivity contribution in [2.75, 3.05) is 19.8 Å². The van der Waals surface area contributed by atoms with Gasteiger partial charge in [-0.3, -0.25) is 4.79 Å². The van der Waals surface area contributed by atoms with Gasteiger partial charge in [0.15, 0.2) is 0 Å². The van der Waals surface area contributed by atoms with Gasteiger partial charge in [0.1, 0.15) is 0 Å². The number of carbonyl (C=O) groups is 1. The van der Waals surface area contributed by atoms with E-state index in [9.17, 15) is 4.79 Å². The van der Waals surface area contributed by atoms with Crippen LogP contribution in [0.5, 0.6) is 0 Å². The Hall–Kier alpha value is -1.12. The molecule has 17 heavy (non-hydrogen) atoms. The highest BCUT2D eigenvalue weighted by molar-refractivity contribution is 5.86. The van der Waals surface area contributed by atoms with Crippen molar-refractivity contribution in [2.45, 2.75) is 44.7 Å². The molecule has 2 N–H and O–H groups in total. The van der Waals surface area contributed by atoms with E-state index in [4.69, 9.17) is 15.7 Å². The third-order valence-electron chi connectivity index (χ3n) is 3.16. The maximum absolute atomic E-state index is 12.4. The van der Waals surface area contributed by atoms with Gasteiger partial charge in [-0.05, 0) is 26.7 Å². The molecule has 0 aromatic carbocycles. The SMILES string of the molecule is CC(C)N(CCC#N)C(=O)C1(N)CCOCC1. The topological polar surface area (TPSA) is 79.4 Å². The minimum atomic E-state index is -0.808. The van der Waals surface area contributed by atoms with E-state index in [1.165, 1.54) is 0 Å². The van der Waals surface area contributed by atoms with E-state index in [1.807, 2.05) is 13.8 Å². The van der Waals surface area contributed by atoms with Gasteiger partial charge >= 0.3 is 0 Å². The van der Waals surface area contributed by atoms with Crippen molar-refractivity contribution in [3.8, 4) is 6.07 Å². The van der Waals surface area contributed by atoms with Crippen LogP contribution in [0.2, 0.25) is 0 Å². The molecule has 1 heterocycles. The predicted octanol–water partition coefficient (Wildman–Crippen LogP) is 0.645. The molecule has 0 bridgehead atoms. The molecule has 5 nitrogen and oxygen atoms in total. The number of hydrogen-bond acceptors (Lipinski definition) is 4. The van der Waals surface area contributed by atoms with Gasteiger partial charge in [0, 0.05) is 25.8 Å². The summed E-state index contributed by atoms with van der Waals surface area (Å²) in [4.78, 5) is 14.1. The zero-order valence-corrected chi connectivity index (χ0v) is 10.6. The third-order valence-corrected chi connectivity index (χ3v) is 3.16. The first-order chi connectivity index (χ1) is 8.01. The Morgan fingerprint density at radius 1 is 1.53 bits per heavy atom. The number of amides is 1. The monoisotopic (exact) mass is 239 g/mol. The molecule has 0 unspecified atom stereocenters. The molecule has 0 spiro atoms. The van der Waals surface area contributed by atoms with Crippen LogP contribution in [0.1, 0.15) is 33.1 Å². The maximum atomic E-state index is 12.4. The average Bonchev–Trinajstić information content (AvgIpc) is 2.30. The second kappa shape index (κ2) is 5.99. The molecule has 1 amide bonds. The highest BCUT2D eigenvalue weighted by Gasteiger charge is 2.39. The molecule has 1 rings (SSSR count). The normalized spacial score (nSPS) is 18.8. The molecule has 0 aliphatic carbocycles. The van der Waals surface area contributed by atoms with Crippen LogP contribution in [0, 0.1) is 11.3 Å². The largest absolute Gasteiger partial charge is 0.381 e. The fraction of sp³-hybridized carbons (Fsp3) is 0.833. The van der Waals surface area contributed by atoms with E-state index in [0.717, 1.165) is 0 Å². The van der Waals surface area contributed by atoms with E-state index in [1.54, 1.807) is 4.90 Å². The lowest BCUT2D eigenvalue weighted by molar-refractivity contribution is -0.142. The lowest BCUT2D eigenvalue weighted by Gasteiger charge is -2.38. The van der Waals surface area contributed by atoms with Crippen LogP contribution in [0.3, 0.4) is 0 Å². The molecule has 0 saturated carbocycles. The van der Waals surface area contributed by atoms with Crippen molar-refractivity contribution in [1.82, 2.24) is 4.90 Å². The van der Waals surface area contributed by atoms with Crippen LogP contribution in [-0.4, -0.2) is 42.1 Å². The Bertz CT molecular complexity index is 303. The van der Waals surface area contributed by atoms with Crippen molar-refractivity contribution in [3.63, 3.8) is 0 Å². The Balaban J connectivity index is 2.72. The highest BCUT2D eigenvalue weighted by Crippen LogP contribution is 2.21. The van der Waals surface area contributed by atoms with Gasteiger partial charge in [0.25, 0.3) is 0 Å². The first-order valence-corrected chi connectivity index (χ1v) is 6.06. The Morgan fingerprint density at radius 2 is 2.12 bits per heavy atom. The fourth-order valence-electron chi connectivity index (χ4n) is 2.00. The van der Waals surface area contributed by atoms with Crippen molar-refractivity contribution in [1.29, 1.82) is 5.26 Å². The number of hydrogen-bond donors (Lipinski definition) is 1.